The third-order valence-corrected chi connectivity index (χ3v) is 2.19. The highest BCUT2D eigenvalue weighted by atomic mass is 19.3. The minimum Gasteiger partial charge on any atom is -0.373 e. The van der Waals surface area contributed by atoms with Crippen molar-refractivity contribution in [2.24, 2.45) is 0 Å². The Kier molecular flexibility index (Phi) is 7.49. The molecule has 1 unspecified atom stereocenters. The van der Waals surface area contributed by atoms with Crippen LogP contribution < -0.4 is 5.32 Å². The van der Waals surface area contributed by atoms with E-state index >= 15 is 0 Å². The molecule has 1 N–H and O–H groups in total. The van der Waals surface area contributed by atoms with Gasteiger partial charge in [0.05, 0.1) is 25.4 Å². The van der Waals surface area contributed by atoms with Crippen LogP contribution in [0.4, 0.5) is 13.2 Å². The van der Waals surface area contributed by atoms with Gasteiger partial charge in [-0.05, 0) is 41.5 Å². The van der Waals surface area contributed by atoms with E-state index in [2.05, 4.69) is 5.32 Å². The molecular formula is C14H28F3NO2. The van der Waals surface area contributed by atoms with Gasteiger partial charge in [-0.3, -0.25) is 0 Å². The van der Waals surface area contributed by atoms with Crippen LogP contribution in [-0.4, -0.2) is 49.6 Å². The van der Waals surface area contributed by atoms with Gasteiger partial charge in [0.15, 0.2) is 0 Å². The van der Waals surface area contributed by atoms with Crippen LogP contribution in [0.5, 0.6) is 0 Å². The third-order valence-electron chi connectivity index (χ3n) is 2.19. The minimum absolute atomic E-state index is 0.157. The molecule has 0 aromatic heterocycles. The van der Waals surface area contributed by atoms with E-state index in [0.717, 1.165) is 0 Å². The molecule has 0 radical (unpaired) electrons. The number of nitrogens with one attached hydrogen (secondary N) is 1. The number of alkyl halides is 3. The van der Waals surface area contributed by atoms with E-state index in [1.54, 1.807) is 41.5 Å². The highest BCUT2D eigenvalue weighted by Gasteiger charge is 2.31. The second kappa shape index (κ2) is 7.61. The maximum Gasteiger partial charge on any atom is 0.283 e. The number of hydrogen-bond acceptors (Lipinski definition) is 3. The van der Waals surface area contributed by atoms with E-state index in [-0.39, 0.29) is 13.2 Å². The Hall–Kier alpha value is -0.330. The molecule has 3 nitrogen and oxygen atoms in total. The summed E-state index contributed by atoms with van der Waals surface area (Å²) in [5.74, 6) is -3.02. The average Bonchev–Trinajstić information content (AvgIpc) is 2.22. The van der Waals surface area contributed by atoms with Crippen molar-refractivity contribution >= 4 is 0 Å². The van der Waals surface area contributed by atoms with Crippen molar-refractivity contribution in [1.29, 1.82) is 0 Å². The number of hydrogen-bond donors (Lipinski definition) is 1. The normalized spacial score (nSPS) is 15.4. The maximum absolute atomic E-state index is 13.4. The largest absolute Gasteiger partial charge is 0.373 e. The van der Waals surface area contributed by atoms with Crippen molar-refractivity contribution in [3.8, 4) is 0 Å². The SMILES string of the molecule is CC(C)(C)NCC(F)(F)COCC(F)COC(C)(C)C. The summed E-state index contributed by atoms with van der Waals surface area (Å²) in [4.78, 5) is 0. The van der Waals surface area contributed by atoms with Crippen molar-refractivity contribution in [3.05, 3.63) is 0 Å². The van der Waals surface area contributed by atoms with Crippen LogP contribution in [0.3, 0.4) is 0 Å². The molecule has 0 spiro atoms. The monoisotopic (exact) mass is 299 g/mol. The van der Waals surface area contributed by atoms with Crippen molar-refractivity contribution < 1.29 is 22.6 Å². The van der Waals surface area contributed by atoms with E-state index < -0.39 is 36.4 Å². The fourth-order valence-corrected chi connectivity index (χ4v) is 1.17. The van der Waals surface area contributed by atoms with Gasteiger partial charge >= 0.3 is 0 Å². The zero-order valence-electron chi connectivity index (χ0n) is 13.4. The molecule has 1 atom stereocenters. The predicted molar refractivity (Wildman–Crippen MR) is 74.1 cm³/mol. The van der Waals surface area contributed by atoms with Gasteiger partial charge in [0, 0.05) is 5.54 Å². The molecule has 0 saturated heterocycles. The van der Waals surface area contributed by atoms with Crippen molar-refractivity contribution in [3.63, 3.8) is 0 Å². The molecule has 0 heterocycles. The van der Waals surface area contributed by atoms with Crippen LogP contribution in [0.15, 0.2) is 0 Å². The van der Waals surface area contributed by atoms with Crippen molar-refractivity contribution in [1.82, 2.24) is 5.32 Å². The zero-order chi connectivity index (χ0) is 16.0. The van der Waals surface area contributed by atoms with Gasteiger partial charge in [0.2, 0.25) is 0 Å². The Morgan fingerprint density at radius 1 is 1.00 bits per heavy atom. The fourth-order valence-electron chi connectivity index (χ4n) is 1.17. The molecule has 0 aliphatic heterocycles. The molecule has 6 heteroatoms. The van der Waals surface area contributed by atoms with E-state index in [1.165, 1.54) is 0 Å². The molecule has 0 aliphatic rings. The molecule has 0 amide bonds. The lowest BCUT2D eigenvalue weighted by Gasteiger charge is -2.25. The summed E-state index contributed by atoms with van der Waals surface area (Å²) in [6, 6.07) is 0. The molecule has 20 heavy (non-hydrogen) atoms. The summed E-state index contributed by atoms with van der Waals surface area (Å²) < 4.78 is 50.2. The number of halogens is 3. The van der Waals surface area contributed by atoms with Gasteiger partial charge in [-0.25, -0.2) is 13.2 Å². The van der Waals surface area contributed by atoms with Crippen LogP contribution in [0.25, 0.3) is 0 Å². The second-order valence-electron chi connectivity index (χ2n) is 7.00. The molecular weight excluding hydrogens is 271 g/mol. The van der Waals surface area contributed by atoms with Gasteiger partial charge in [-0.2, -0.15) is 0 Å². The first kappa shape index (κ1) is 19.7. The van der Waals surface area contributed by atoms with Gasteiger partial charge in [0.1, 0.15) is 12.8 Å². The summed E-state index contributed by atoms with van der Waals surface area (Å²) in [5, 5.41) is 2.70. The Labute approximate surface area is 120 Å². The Morgan fingerprint density at radius 3 is 2.00 bits per heavy atom. The average molecular weight is 299 g/mol. The van der Waals surface area contributed by atoms with Crippen molar-refractivity contribution in [2.75, 3.05) is 26.4 Å². The first-order valence-corrected chi connectivity index (χ1v) is 6.79. The second-order valence-corrected chi connectivity index (χ2v) is 7.00. The smallest absolute Gasteiger partial charge is 0.283 e. The summed E-state index contributed by atoms with van der Waals surface area (Å²) in [7, 11) is 0. The quantitative estimate of drug-likeness (QED) is 0.747. The van der Waals surface area contributed by atoms with E-state index in [1.807, 2.05) is 0 Å². The molecule has 0 rings (SSSR count). The third kappa shape index (κ3) is 12.7. The van der Waals surface area contributed by atoms with E-state index in [4.69, 9.17) is 9.47 Å². The predicted octanol–water partition coefficient (Wildman–Crippen LogP) is 3.18. The lowest BCUT2D eigenvalue weighted by atomic mass is 10.1. The highest BCUT2D eigenvalue weighted by Crippen LogP contribution is 2.15. The summed E-state index contributed by atoms with van der Waals surface area (Å²) >= 11 is 0. The van der Waals surface area contributed by atoms with Crippen molar-refractivity contribution in [2.45, 2.75) is 64.8 Å². The van der Waals surface area contributed by atoms with E-state index in [9.17, 15) is 13.2 Å². The Morgan fingerprint density at radius 2 is 1.55 bits per heavy atom. The number of ether oxygens (including phenoxy) is 2. The fraction of sp³-hybridized carbons (Fsp3) is 1.00. The molecule has 0 saturated carbocycles. The first-order valence-electron chi connectivity index (χ1n) is 6.79. The van der Waals surface area contributed by atoms with Crippen LogP contribution in [0.1, 0.15) is 41.5 Å². The molecule has 0 aliphatic carbocycles. The maximum atomic E-state index is 13.4. The minimum atomic E-state index is -3.02. The van der Waals surface area contributed by atoms with Gasteiger partial charge in [-0.1, -0.05) is 0 Å². The lowest BCUT2D eigenvalue weighted by molar-refractivity contribution is -0.0978. The molecule has 0 fully saturated rings. The molecule has 0 bridgehead atoms. The standard InChI is InChI=1S/C14H28F3NO2/c1-12(2,3)18-9-14(16,17)10-19-7-11(15)8-20-13(4,5)6/h11,18H,7-10H2,1-6H3. The number of rotatable bonds is 8. The van der Waals surface area contributed by atoms with Crippen LogP contribution in [0.2, 0.25) is 0 Å². The van der Waals surface area contributed by atoms with Gasteiger partial charge in [-0.15, -0.1) is 0 Å². The highest BCUT2D eigenvalue weighted by molar-refractivity contribution is 4.77. The zero-order valence-corrected chi connectivity index (χ0v) is 13.4. The summed E-state index contributed by atoms with van der Waals surface area (Å²) in [6.45, 7) is 8.95. The van der Waals surface area contributed by atoms with Gasteiger partial charge < -0.3 is 14.8 Å². The lowest BCUT2D eigenvalue weighted by Crippen LogP contribution is -2.45. The van der Waals surface area contributed by atoms with Gasteiger partial charge in [0.25, 0.3) is 5.92 Å². The first-order chi connectivity index (χ1) is 8.81. The van der Waals surface area contributed by atoms with Crippen LogP contribution >= 0.6 is 0 Å². The van der Waals surface area contributed by atoms with E-state index in [0.29, 0.717) is 0 Å². The summed E-state index contributed by atoms with van der Waals surface area (Å²) in [6.07, 6.45) is -1.40. The van der Waals surface area contributed by atoms with Crippen LogP contribution in [-0.2, 0) is 9.47 Å². The summed E-state index contributed by atoms with van der Waals surface area (Å²) in [5.41, 5.74) is -0.850. The topological polar surface area (TPSA) is 30.5 Å². The Bertz CT molecular complexity index is 273. The molecule has 122 valence electrons. The Balaban J connectivity index is 3.86. The molecule has 0 aromatic carbocycles. The van der Waals surface area contributed by atoms with Crippen LogP contribution in [0, 0.1) is 0 Å². The molecule has 0 aromatic rings.